The van der Waals surface area contributed by atoms with E-state index in [1.165, 1.54) is 11.3 Å². The number of hydrogen-bond acceptors (Lipinski definition) is 6. The van der Waals surface area contributed by atoms with E-state index in [4.69, 9.17) is 16.3 Å². The summed E-state index contributed by atoms with van der Waals surface area (Å²) in [5.74, 6) is 1.29. The van der Waals surface area contributed by atoms with E-state index in [1.807, 2.05) is 61.5 Å². The van der Waals surface area contributed by atoms with Crippen molar-refractivity contribution in [3.8, 4) is 11.5 Å². The molecule has 2 fully saturated rings. The molecule has 9 nitrogen and oxygen atoms in total. The summed E-state index contributed by atoms with van der Waals surface area (Å²) in [5.41, 5.74) is 2.64. The third-order valence-corrected chi connectivity index (χ3v) is 9.48. The predicted molar refractivity (Wildman–Crippen MR) is 172 cm³/mol. The zero-order chi connectivity index (χ0) is 30.4. The third-order valence-electron chi connectivity index (χ3n) is 8.09. The largest absolute Gasteiger partial charge is 0.457 e. The molecule has 11 heteroatoms. The van der Waals surface area contributed by atoms with Crippen LogP contribution in [0.3, 0.4) is 0 Å². The molecule has 0 bridgehead atoms. The van der Waals surface area contributed by atoms with E-state index >= 15 is 0 Å². The van der Waals surface area contributed by atoms with Gasteiger partial charge in [-0.3, -0.25) is 14.5 Å². The number of carbonyl (C=O) groups excluding carboxylic acids is 3. The average Bonchev–Trinajstić information content (AvgIpc) is 3.76. The molecule has 1 saturated heterocycles. The smallest absolute Gasteiger partial charge is 0.331 e. The van der Waals surface area contributed by atoms with Gasteiger partial charge in [-0.2, -0.15) is 0 Å². The molecule has 2 N–H and O–H groups in total. The number of rotatable bonds is 7. The Labute approximate surface area is 263 Å². The average molecular weight is 628 g/mol. The summed E-state index contributed by atoms with van der Waals surface area (Å²) in [7, 11) is 0. The number of piperidine rings is 1. The minimum Gasteiger partial charge on any atom is -0.457 e. The van der Waals surface area contributed by atoms with Gasteiger partial charge in [0.15, 0.2) is 0 Å². The number of nitrogens with zero attached hydrogens (tertiary/aromatic N) is 3. The first-order valence-corrected chi connectivity index (χ1v) is 15.9. The van der Waals surface area contributed by atoms with E-state index in [0.29, 0.717) is 56.9 Å². The molecule has 2 aromatic heterocycles. The number of ether oxygens (including phenoxy) is 1. The highest BCUT2D eigenvalue weighted by atomic mass is 35.5. The standard InChI is InChI=1S/C33H30ClN5O4S/c1-19-16-23(43-22-7-3-2-4-8-22)11-12-25(19)39-26-13-14-35-31-27(26)28(37-33(39)42)29(44-31)30(40)36-21-6-5-15-38(18-21)32(41)24(34)17-20-9-10-20/h2-4,7-8,11-14,16-17,20-21H,5-6,9-10,15,18H2,1H3,(H,36,40)(H,37,42)/b24-17-/t21-/m1/s1. The summed E-state index contributed by atoms with van der Waals surface area (Å²) in [5, 5.41) is 7.02. The maximum absolute atomic E-state index is 13.6. The number of para-hydroxylation sites is 1. The molecule has 1 atom stereocenters. The molecule has 1 aliphatic carbocycles. The van der Waals surface area contributed by atoms with Crippen molar-refractivity contribution in [1.82, 2.24) is 15.2 Å². The van der Waals surface area contributed by atoms with E-state index in [9.17, 15) is 14.4 Å². The van der Waals surface area contributed by atoms with Gasteiger partial charge in [0.25, 0.3) is 11.8 Å². The minimum atomic E-state index is -0.371. The maximum Gasteiger partial charge on any atom is 0.331 e. The Morgan fingerprint density at radius 1 is 1.09 bits per heavy atom. The highest BCUT2D eigenvalue weighted by Gasteiger charge is 2.35. The van der Waals surface area contributed by atoms with Crippen LogP contribution in [0.25, 0.3) is 10.2 Å². The molecule has 4 heterocycles. The van der Waals surface area contributed by atoms with Crippen molar-refractivity contribution in [2.75, 3.05) is 23.3 Å². The van der Waals surface area contributed by atoms with Crippen LogP contribution in [0, 0.1) is 12.8 Å². The number of halogens is 1. The number of carbonyl (C=O) groups is 3. The highest BCUT2D eigenvalue weighted by Crippen LogP contribution is 2.46. The van der Waals surface area contributed by atoms with E-state index in [-0.39, 0.29) is 28.9 Å². The van der Waals surface area contributed by atoms with Crippen LogP contribution >= 0.6 is 22.9 Å². The van der Waals surface area contributed by atoms with Gasteiger partial charge in [0.05, 0.1) is 22.4 Å². The first kappa shape index (κ1) is 28.4. The van der Waals surface area contributed by atoms with Gasteiger partial charge in [-0.15, -0.1) is 11.3 Å². The SMILES string of the molecule is Cc1cc(Oc2ccccc2)ccc1N1C(=O)Nc2c(C(=O)N[C@@H]3CCCN(C(=O)/C(Cl)=C/C4CC4)C3)sc3nccc1c23. The third kappa shape index (κ3) is 5.51. The number of aryl methyl sites for hydroxylation is 1. The molecular weight excluding hydrogens is 598 g/mol. The lowest BCUT2D eigenvalue weighted by Crippen LogP contribution is -2.49. The Morgan fingerprint density at radius 3 is 2.68 bits per heavy atom. The van der Waals surface area contributed by atoms with Crippen molar-refractivity contribution in [2.24, 2.45) is 5.92 Å². The normalized spacial score (nSPS) is 18.3. The lowest BCUT2D eigenvalue weighted by atomic mass is 10.0. The number of likely N-dealkylation sites (tertiary alicyclic amines) is 1. The number of pyridine rings is 1. The number of allylic oxidation sites excluding steroid dienone is 1. The number of amides is 4. The van der Waals surface area contributed by atoms with E-state index in [0.717, 1.165) is 37.0 Å². The second-order valence-electron chi connectivity index (χ2n) is 11.4. The molecule has 7 rings (SSSR count). The predicted octanol–water partition coefficient (Wildman–Crippen LogP) is 7.33. The Kier molecular flexibility index (Phi) is 7.47. The lowest BCUT2D eigenvalue weighted by Gasteiger charge is -2.33. The number of hydrogen-bond donors (Lipinski definition) is 2. The van der Waals surface area contributed by atoms with Crippen LogP contribution in [-0.4, -0.2) is 46.9 Å². The summed E-state index contributed by atoms with van der Waals surface area (Å²) in [6.45, 7) is 2.91. The second kappa shape index (κ2) is 11.6. The molecule has 1 saturated carbocycles. The lowest BCUT2D eigenvalue weighted by molar-refractivity contribution is -0.127. The van der Waals surface area contributed by atoms with Crippen molar-refractivity contribution in [1.29, 1.82) is 0 Å². The fourth-order valence-corrected chi connectivity index (χ4v) is 7.09. The van der Waals surface area contributed by atoms with E-state index < -0.39 is 0 Å². The molecule has 0 spiro atoms. The van der Waals surface area contributed by atoms with Gasteiger partial charge < -0.3 is 20.3 Å². The van der Waals surface area contributed by atoms with Gasteiger partial charge in [0, 0.05) is 25.3 Å². The van der Waals surface area contributed by atoms with Crippen LogP contribution < -0.4 is 20.3 Å². The van der Waals surface area contributed by atoms with Crippen molar-refractivity contribution < 1.29 is 19.1 Å². The molecule has 4 amide bonds. The van der Waals surface area contributed by atoms with Gasteiger partial charge >= 0.3 is 6.03 Å². The Hall–Kier alpha value is -4.41. The van der Waals surface area contributed by atoms with Gasteiger partial charge in [-0.1, -0.05) is 35.9 Å². The Morgan fingerprint density at radius 2 is 1.91 bits per heavy atom. The van der Waals surface area contributed by atoms with Crippen LogP contribution in [0.2, 0.25) is 0 Å². The molecule has 3 aliphatic rings. The van der Waals surface area contributed by atoms with Crippen LogP contribution in [0.5, 0.6) is 11.5 Å². The Bertz CT molecular complexity index is 1820. The van der Waals surface area contributed by atoms with Crippen LogP contribution in [0.15, 0.2) is 71.9 Å². The summed E-state index contributed by atoms with van der Waals surface area (Å²) < 4.78 is 5.98. The number of benzene rings is 2. The highest BCUT2D eigenvalue weighted by molar-refractivity contribution is 7.21. The fourth-order valence-electron chi connectivity index (χ4n) is 5.77. The number of aromatic nitrogens is 1. The van der Waals surface area contributed by atoms with Crippen molar-refractivity contribution in [2.45, 2.75) is 38.6 Å². The van der Waals surface area contributed by atoms with Crippen molar-refractivity contribution in [3.63, 3.8) is 0 Å². The molecule has 224 valence electrons. The summed E-state index contributed by atoms with van der Waals surface area (Å²) in [6.07, 6.45) is 7.14. The molecule has 2 aliphatic heterocycles. The molecule has 0 radical (unpaired) electrons. The minimum absolute atomic E-state index is 0.189. The van der Waals surface area contributed by atoms with Crippen molar-refractivity contribution >= 4 is 68.1 Å². The number of urea groups is 1. The second-order valence-corrected chi connectivity index (χ2v) is 12.8. The Balaban J connectivity index is 1.12. The van der Waals surface area contributed by atoms with Crippen molar-refractivity contribution in [3.05, 3.63) is 82.3 Å². The fraction of sp³-hybridized carbons (Fsp3) is 0.273. The van der Waals surface area contributed by atoms with Crippen LogP contribution in [-0.2, 0) is 4.79 Å². The van der Waals surface area contributed by atoms with E-state index in [2.05, 4.69) is 15.6 Å². The first-order valence-electron chi connectivity index (χ1n) is 14.7. The quantitative estimate of drug-likeness (QED) is 0.209. The first-order chi connectivity index (χ1) is 21.4. The summed E-state index contributed by atoms with van der Waals surface area (Å²) in [4.78, 5) is 49.0. The summed E-state index contributed by atoms with van der Waals surface area (Å²) >= 11 is 7.54. The monoisotopic (exact) mass is 627 g/mol. The van der Waals surface area contributed by atoms with Gasteiger partial charge in [-0.05, 0) is 80.5 Å². The molecule has 2 aromatic carbocycles. The zero-order valence-electron chi connectivity index (χ0n) is 24.0. The number of anilines is 3. The van der Waals surface area contributed by atoms with Gasteiger partial charge in [-0.25, -0.2) is 9.78 Å². The maximum atomic E-state index is 13.6. The van der Waals surface area contributed by atoms with Crippen LogP contribution in [0.4, 0.5) is 21.9 Å². The summed E-state index contributed by atoms with van der Waals surface area (Å²) in [6, 6.07) is 16.3. The molecular formula is C33H30ClN5O4S. The number of nitrogens with one attached hydrogen (secondary N) is 2. The topological polar surface area (TPSA) is 104 Å². The van der Waals surface area contributed by atoms with Crippen LogP contribution in [0.1, 0.15) is 40.9 Å². The molecule has 44 heavy (non-hydrogen) atoms. The van der Waals surface area contributed by atoms with E-state index in [1.54, 1.807) is 22.1 Å². The molecule has 0 unspecified atom stereocenters. The van der Waals surface area contributed by atoms with Gasteiger partial charge in [0.2, 0.25) is 0 Å². The number of thiophene rings is 1. The van der Waals surface area contributed by atoms with Gasteiger partial charge in [0.1, 0.15) is 26.2 Å². The molecule has 4 aromatic rings. The zero-order valence-corrected chi connectivity index (χ0v) is 25.6.